The number of carboxylic acid groups (broad SMARTS) is 1. The van der Waals surface area contributed by atoms with Crippen LogP contribution in [0.15, 0.2) is 0 Å². The number of nitrogens with two attached hydrogens (primary N) is 1. The molecule has 16 heavy (non-hydrogen) atoms. The Kier molecular flexibility index (Phi) is 3.28. The van der Waals surface area contributed by atoms with Gasteiger partial charge in [-0.2, -0.15) is 0 Å². The molecule has 92 valence electrons. The molecule has 1 aliphatic rings. The van der Waals surface area contributed by atoms with E-state index in [-0.39, 0.29) is 5.91 Å². The molecule has 0 saturated carbocycles. The van der Waals surface area contributed by atoms with E-state index in [1.54, 1.807) is 13.8 Å². The zero-order valence-electron chi connectivity index (χ0n) is 10.1. The van der Waals surface area contributed by atoms with Crippen molar-refractivity contribution in [2.45, 2.75) is 51.1 Å². The van der Waals surface area contributed by atoms with Crippen LogP contribution in [0, 0.1) is 0 Å². The van der Waals surface area contributed by atoms with Crippen molar-refractivity contribution < 1.29 is 14.7 Å². The first-order valence-electron chi connectivity index (χ1n) is 5.60. The van der Waals surface area contributed by atoms with E-state index in [9.17, 15) is 14.7 Å². The minimum Gasteiger partial charge on any atom is -0.480 e. The van der Waals surface area contributed by atoms with E-state index in [0.717, 1.165) is 0 Å². The van der Waals surface area contributed by atoms with Crippen molar-refractivity contribution in [1.29, 1.82) is 0 Å². The van der Waals surface area contributed by atoms with Crippen LogP contribution in [0.5, 0.6) is 0 Å². The summed E-state index contributed by atoms with van der Waals surface area (Å²) < 4.78 is 0. The van der Waals surface area contributed by atoms with Gasteiger partial charge >= 0.3 is 5.97 Å². The molecule has 2 atom stereocenters. The summed E-state index contributed by atoms with van der Waals surface area (Å²) >= 11 is 0. The third kappa shape index (κ3) is 1.91. The maximum Gasteiger partial charge on any atom is 0.329 e. The molecule has 1 amide bonds. The second kappa shape index (κ2) is 4.05. The lowest BCUT2D eigenvalue weighted by molar-refractivity contribution is -0.157. The standard InChI is InChI=1S/C11H20N2O3/c1-4-10(2,12)8(14)13-7-5-6-11(13,3)9(15)16/h4-7,12H2,1-3H3,(H,15,16). The lowest BCUT2D eigenvalue weighted by atomic mass is 9.94. The largest absolute Gasteiger partial charge is 0.480 e. The molecule has 0 radical (unpaired) electrons. The lowest BCUT2D eigenvalue weighted by Crippen LogP contribution is -2.60. The summed E-state index contributed by atoms with van der Waals surface area (Å²) in [6.45, 7) is 5.54. The van der Waals surface area contributed by atoms with Gasteiger partial charge in [0.2, 0.25) is 5.91 Å². The van der Waals surface area contributed by atoms with E-state index in [4.69, 9.17) is 5.73 Å². The summed E-state index contributed by atoms with van der Waals surface area (Å²) in [5.41, 5.74) is 3.81. The predicted octanol–water partition coefficient (Wildman–Crippen LogP) is 0.579. The molecule has 5 heteroatoms. The first-order valence-corrected chi connectivity index (χ1v) is 5.60. The number of likely N-dealkylation sites (tertiary alicyclic amines) is 1. The van der Waals surface area contributed by atoms with Crippen molar-refractivity contribution >= 4 is 11.9 Å². The first-order chi connectivity index (χ1) is 7.25. The molecule has 1 heterocycles. The number of nitrogens with zero attached hydrogens (tertiary/aromatic N) is 1. The van der Waals surface area contributed by atoms with Crippen molar-refractivity contribution in [1.82, 2.24) is 4.90 Å². The average molecular weight is 228 g/mol. The highest BCUT2D eigenvalue weighted by atomic mass is 16.4. The Morgan fingerprint density at radius 1 is 1.56 bits per heavy atom. The Morgan fingerprint density at radius 2 is 2.12 bits per heavy atom. The highest BCUT2D eigenvalue weighted by Crippen LogP contribution is 2.31. The predicted molar refractivity (Wildman–Crippen MR) is 59.9 cm³/mol. The molecule has 1 rings (SSSR count). The van der Waals surface area contributed by atoms with Crippen molar-refractivity contribution in [3.05, 3.63) is 0 Å². The van der Waals surface area contributed by atoms with E-state index in [0.29, 0.717) is 25.8 Å². The summed E-state index contributed by atoms with van der Waals surface area (Å²) in [7, 11) is 0. The van der Waals surface area contributed by atoms with Crippen molar-refractivity contribution in [3.63, 3.8) is 0 Å². The van der Waals surface area contributed by atoms with Gasteiger partial charge in [0, 0.05) is 6.54 Å². The van der Waals surface area contributed by atoms with Crippen LogP contribution < -0.4 is 5.73 Å². The number of carbonyl (C=O) groups is 2. The second-order valence-corrected chi connectivity index (χ2v) is 4.91. The monoisotopic (exact) mass is 228 g/mol. The van der Waals surface area contributed by atoms with Gasteiger partial charge in [0.1, 0.15) is 5.54 Å². The van der Waals surface area contributed by atoms with Crippen LogP contribution in [-0.4, -0.2) is 39.5 Å². The number of carboxylic acids is 1. The highest BCUT2D eigenvalue weighted by Gasteiger charge is 2.48. The number of carbonyl (C=O) groups excluding carboxylic acids is 1. The van der Waals surface area contributed by atoms with Crippen molar-refractivity contribution in [3.8, 4) is 0 Å². The van der Waals surface area contributed by atoms with Crippen LogP contribution in [-0.2, 0) is 9.59 Å². The minimum absolute atomic E-state index is 0.266. The summed E-state index contributed by atoms with van der Waals surface area (Å²) in [6, 6.07) is 0. The summed E-state index contributed by atoms with van der Waals surface area (Å²) in [4.78, 5) is 24.8. The number of amides is 1. The fourth-order valence-corrected chi connectivity index (χ4v) is 1.97. The van der Waals surface area contributed by atoms with E-state index in [1.807, 2.05) is 6.92 Å². The molecule has 3 N–H and O–H groups in total. The molecule has 5 nitrogen and oxygen atoms in total. The average Bonchev–Trinajstić information content (AvgIpc) is 2.60. The maximum absolute atomic E-state index is 12.2. The Hall–Kier alpha value is -1.10. The van der Waals surface area contributed by atoms with Gasteiger partial charge in [-0.05, 0) is 33.1 Å². The Morgan fingerprint density at radius 3 is 2.56 bits per heavy atom. The van der Waals surface area contributed by atoms with E-state index < -0.39 is 17.0 Å². The van der Waals surface area contributed by atoms with Gasteiger partial charge < -0.3 is 15.7 Å². The van der Waals surface area contributed by atoms with Crippen LogP contribution in [0.4, 0.5) is 0 Å². The molecule has 1 saturated heterocycles. The van der Waals surface area contributed by atoms with E-state index >= 15 is 0 Å². The normalized spacial score (nSPS) is 28.9. The summed E-state index contributed by atoms with van der Waals surface area (Å²) in [5, 5.41) is 9.20. The highest BCUT2D eigenvalue weighted by molar-refractivity contribution is 5.92. The topological polar surface area (TPSA) is 83.6 Å². The number of hydrogen-bond acceptors (Lipinski definition) is 3. The molecule has 0 spiro atoms. The molecular weight excluding hydrogens is 208 g/mol. The van der Waals surface area contributed by atoms with E-state index in [2.05, 4.69) is 0 Å². The Bertz CT molecular complexity index is 314. The summed E-state index contributed by atoms with van der Waals surface area (Å²) in [6.07, 6.45) is 1.71. The molecule has 0 aromatic carbocycles. The van der Waals surface area contributed by atoms with Gasteiger partial charge in [0.15, 0.2) is 0 Å². The molecule has 2 unspecified atom stereocenters. The fourth-order valence-electron chi connectivity index (χ4n) is 1.97. The SMILES string of the molecule is CCC(C)(N)C(=O)N1CCCC1(C)C(=O)O. The quantitative estimate of drug-likeness (QED) is 0.740. The lowest BCUT2D eigenvalue weighted by Gasteiger charge is -2.36. The Balaban J connectivity index is 2.97. The van der Waals surface area contributed by atoms with Gasteiger partial charge in [0.25, 0.3) is 0 Å². The molecule has 1 fully saturated rings. The van der Waals surface area contributed by atoms with Crippen LogP contribution >= 0.6 is 0 Å². The smallest absolute Gasteiger partial charge is 0.329 e. The van der Waals surface area contributed by atoms with Crippen LogP contribution in [0.2, 0.25) is 0 Å². The minimum atomic E-state index is -1.09. The van der Waals surface area contributed by atoms with Gasteiger partial charge in [0.05, 0.1) is 5.54 Å². The third-order valence-electron chi connectivity index (χ3n) is 3.57. The van der Waals surface area contributed by atoms with Crippen molar-refractivity contribution in [2.24, 2.45) is 5.73 Å². The first kappa shape index (κ1) is 13.0. The maximum atomic E-state index is 12.2. The molecule has 0 bridgehead atoms. The van der Waals surface area contributed by atoms with Crippen molar-refractivity contribution in [2.75, 3.05) is 6.54 Å². The zero-order chi connectivity index (χ0) is 12.6. The van der Waals surface area contributed by atoms with Crippen LogP contribution in [0.25, 0.3) is 0 Å². The molecule has 0 aromatic heterocycles. The third-order valence-corrected chi connectivity index (χ3v) is 3.57. The van der Waals surface area contributed by atoms with Crippen LogP contribution in [0.1, 0.15) is 40.0 Å². The van der Waals surface area contributed by atoms with E-state index in [1.165, 1.54) is 4.90 Å². The number of aliphatic carboxylic acids is 1. The second-order valence-electron chi connectivity index (χ2n) is 4.91. The molecule has 1 aliphatic heterocycles. The van der Waals surface area contributed by atoms with Gasteiger partial charge in [-0.25, -0.2) is 4.79 Å². The number of rotatable bonds is 3. The Labute approximate surface area is 95.6 Å². The van der Waals surface area contributed by atoms with Gasteiger partial charge in [-0.1, -0.05) is 6.92 Å². The van der Waals surface area contributed by atoms with Crippen LogP contribution in [0.3, 0.4) is 0 Å². The zero-order valence-corrected chi connectivity index (χ0v) is 10.1. The molecule has 0 aromatic rings. The molecule has 0 aliphatic carbocycles. The van der Waals surface area contributed by atoms with Gasteiger partial charge in [-0.15, -0.1) is 0 Å². The fraction of sp³-hybridized carbons (Fsp3) is 0.818. The number of hydrogen-bond donors (Lipinski definition) is 2. The molecular formula is C11H20N2O3. The van der Waals surface area contributed by atoms with Gasteiger partial charge in [-0.3, -0.25) is 4.79 Å². The summed E-state index contributed by atoms with van der Waals surface area (Å²) in [5.74, 6) is -1.22.